The van der Waals surface area contributed by atoms with Crippen LogP contribution in [0.1, 0.15) is 18.1 Å². The molecule has 0 aromatic heterocycles. The van der Waals surface area contributed by atoms with E-state index >= 15 is 0 Å². The molecule has 2 aromatic carbocycles. The van der Waals surface area contributed by atoms with Gasteiger partial charge in [-0.25, -0.2) is 8.78 Å². The molecular weight excluding hydrogens is 336 g/mol. The predicted octanol–water partition coefficient (Wildman–Crippen LogP) is 4.49. The first-order valence-electron chi connectivity index (χ1n) is 7.00. The molecule has 4 heteroatoms. The molecular formula is C17H18BrF2N. The maximum absolute atomic E-state index is 13.4. The molecule has 0 saturated carbocycles. The molecule has 1 nitrogen and oxygen atoms in total. The fourth-order valence-electron chi connectivity index (χ4n) is 2.42. The van der Waals surface area contributed by atoms with Crippen LogP contribution in [-0.4, -0.2) is 12.6 Å². The molecule has 1 unspecified atom stereocenters. The highest BCUT2D eigenvalue weighted by Crippen LogP contribution is 2.20. The summed E-state index contributed by atoms with van der Waals surface area (Å²) in [5.74, 6) is -0.469. The number of hydrogen-bond acceptors (Lipinski definition) is 1. The topological polar surface area (TPSA) is 12.0 Å². The van der Waals surface area contributed by atoms with Gasteiger partial charge >= 0.3 is 0 Å². The van der Waals surface area contributed by atoms with Gasteiger partial charge in [0.2, 0.25) is 0 Å². The highest BCUT2D eigenvalue weighted by atomic mass is 79.9. The summed E-state index contributed by atoms with van der Waals surface area (Å²) in [6, 6.07) is 11.4. The number of benzene rings is 2. The van der Waals surface area contributed by atoms with Crippen LogP contribution in [0.15, 0.2) is 46.9 Å². The molecule has 0 fully saturated rings. The summed E-state index contributed by atoms with van der Waals surface area (Å²) in [6.45, 7) is 2.84. The predicted molar refractivity (Wildman–Crippen MR) is 85.4 cm³/mol. The largest absolute Gasteiger partial charge is 0.314 e. The lowest BCUT2D eigenvalue weighted by Gasteiger charge is -2.19. The molecule has 0 aliphatic heterocycles. The molecule has 0 heterocycles. The Bertz CT molecular complexity index is 601. The van der Waals surface area contributed by atoms with Crippen LogP contribution in [-0.2, 0) is 12.8 Å². The average Bonchev–Trinajstić information content (AvgIpc) is 2.43. The fraction of sp³-hybridized carbons (Fsp3) is 0.294. The van der Waals surface area contributed by atoms with Crippen molar-refractivity contribution in [2.45, 2.75) is 25.8 Å². The van der Waals surface area contributed by atoms with Gasteiger partial charge in [0.05, 0.1) is 0 Å². The maximum atomic E-state index is 13.4. The molecule has 2 rings (SSSR count). The Balaban J connectivity index is 2.13. The summed E-state index contributed by atoms with van der Waals surface area (Å²) in [6.07, 6.45) is 1.39. The van der Waals surface area contributed by atoms with Gasteiger partial charge in [-0.2, -0.15) is 0 Å². The molecule has 2 aromatic rings. The Labute approximate surface area is 132 Å². The van der Waals surface area contributed by atoms with Gasteiger partial charge < -0.3 is 5.32 Å². The first-order valence-corrected chi connectivity index (χ1v) is 7.79. The SMILES string of the molecule is CCNC(Cc1cccc(F)c1)Cc1cc(F)ccc1Br. The summed E-state index contributed by atoms with van der Waals surface area (Å²) in [5.41, 5.74) is 1.85. The van der Waals surface area contributed by atoms with Crippen molar-refractivity contribution >= 4 is 15.9 Å². The minimum absolute atomic E-state index is 0.134. The van der Waals surface area contributed by atoms with Gasteiger partial charge in [0.15, 0.2) is 0 Å². The van der Waals surface area contributed by atoms with Crippen molar-refractivity contribution in [3.05, 3.63) is 69.7 Å². The van der Waals surface area contributed by atoms with E-state index in [-0.39, 0.29) is 17.7 Å². The Morgan fingerprint density at radius 1 is 1.05 bits per heavy atom. The number of likely N-dealkylation sites (N-methyl/N-ethyl adjacent to an activating group) is 1. The van der Waals surface area contributed by atoms with Gasteiger partial charge in [0.25, 0.3) is 0 Å². The van der Waals surface area contributed by atoms with Crippen molar-refractivity contribution in [1.29, 1.82) is 0 Å². The summed E-state index contributed by atoms with van der Waals surface area (Å²) in [7, 11) is 0. The zero-order valence-electron chi connectivity index (χ0n) is 11.9. The molecule has 1 N–H and O–H groups in total. The standard InChI is InChI=1S/C17H18BrF2N/c1-2-21-16(9-12-4-3-5-14(19)8-12)11-13-10-15(20)6-7-17(13)18/h3-8,10,16,21H,2,9,11H2,1H3. The number of rotatable bonds is 6. The first kappa shape index (κ1) is 16.1. The van der Waals surface area contributed by atoms with E-state index in [1.807, 2.05) is 13.0 Å². The summed E-state index contributed by atoms with van der Waals surface area (Å²) in [4.78, 5) is 0. The van der Waals surface area contributed by atoms with Crippen LogP contribution in [0.5, 0.6) is 0 Å². The number of nitrogens with one attached hydrogen (secondary N) is 1. The minimum atomic E-state index is -0.241. The second-order valence-electron chi connectivity index (χ2n) is 5.03. The van der Waals surface area contributed by atoms with Crippen LogP contribution in [0.2, 0.25) is 0 Å². The Morgan fingerprint density at radius 3 is 2.52 bits per heavy atom. The van der Waals surface area contributed by atoms with Gasteiger partial charge in [0, 0.05) is 10.5 Å². The van der Waals surface area contributed by atoms with Crippen LogP contribution >= 0.6 is 15.9 Å². The fourth-order valence-corrected chi connectivity index (χ4v) is 2.83. The average molecular weight is 354 g/mol. The van der Waals surface area contributed by atoms with Gasteiger partial charge in [-0.1, -0.05) is 35.0 Å². The molecule has 112 valence electrons. The zero-order chi connectivity index (χ0) is 15.2. The Hall–Kier alpha value is -1.26. The van der Waals surface area contributed by atoms with Crippen molar-refractivity contribution < 1.29 is 8.78 Å². The third kappa shape index (κ3) is 4.90. The Morgan fingerprint density at radius 2 is 1.81 bits per heavy atom. The summed E-state index contributed by atoms with van der Waals surface area (Å²) >= 11 is 3.45. The van der Waals surface area contributed by atoms with E-state index in [1.54, 1.807) is 24.3 Å². The second-order valence-corrected chi connectivity index (χ2v) is 5.88. The second kappa shape index (κ2) is 7.66. The minimum Gasteiger partial charge on any atom is -0.314 e. The van der Waals surface area contributed by atoms with Crippen molar-refractivity contribution in [1.82, 2.24) is 5.32 Å². The summed E-state index contributed by atoms with van der Waals surface area (Å²) in [5, 5.41) is 3.38. The summed E-state index contributed by atoms with van der Waals surface area (Å²) < 4.78 is 27.5. The van der Waals surface area contributed by atoms with Gasteiger partial charge in [-0.05, 0) is 60.8 Å². The van der Waals surface area contributed by atoms with Crippen LogP contribution < -0.4 is 5.32 Å². The van der Waals surface area contributed by atoms with Crippen LogP contribution in [0.25, 0.3) is 0 Å². The lowest BCUT2D eigenvalue weighted by Crippen LogP contribution is -2.33. The van der Waals surface area contributed by atoms with E-state index in [0.29, 0.717) is 12.8 Å². The quantitative estimate of drug-likeness (QED) is 0.806. The van der Waals surface area contributed by atoms with E-state index < -0.39 is 0 Å². The molecule has 0 saturated heterocycles. The van der Waals surface area contributed by atoms with Crippen molar-refractivity contribution in [2.75, 3.05) is 6.54 Å². The van der Waals surface area contributed by atoms with E-state index in [4.69, 9.17) is 0 Å². The smallest absolute Gasteiger partial charge is 0.123 e. The van der Waals surface area contributed by atoms with Gasteiger partial charge in [0.1, 0.15) is 11.6 Å². The Kier molecular flexibility index (Phi) is 5.88. The monoisotopic (exact) mass is 353 g/mol. The molecule has 21 heavy (non-hydrogen) atoms. The van der Waals surface area contributed by atoms with E-state index in [9.17, 15) is 8.78 Å². The van der Waals surface area contributed by atoms with Crippen LogP contribution in [0.3, 0.4) is 0 Å². The third-order valence-corrected chi connectivity index (χ3v) is 4.11. The first-order chi connectivity index (χ1) is 10.1. The van der Waals surface area contributed by atoms with Crippen LogP contribution in [0.4, 0.5) is 8.78 Å². The normalized spacial score (nSPS) is 12.4. The lowest BCUT2D eigenvalue weighted by molar-refractivity contribution is 0.517. The third-order valence-electron chi connectivity index (χ3n) is 3.34. The molecule has 0 aliphatic carbocycles. The van der Waals surface area contributed by atoms with Crippen molar-refractivity contribution in [3.63, 3.8) is 0 Å². The highest BCUT2D eigenvalue weighted by Gasteiger charge is 2.12. The molecule has 0 aliphatic rings. The van der Waals surface area contributed by atoms with Gasteiger partial charge in [-0.3, -0.25) is 0 Å². The van der Waals surface area contributed by atoms with Crippen LogP contribution in [0, 0.1) is 11.6 Å². The van der Waals surface area contributed by atoms with Crippen molar-refractivity contribution in [3.8, 4) is 0 Å². The van der Waals surface area contributed by atoms with Crippen molar-refractivity contribution in [2.24, 2.45) is 0 Å². The number of halogens is 3. The maximum Gasteiger partial charge on any atom is 0.123 e. The molecule has 0 amide bonds. The van der Waals surface area contributed by atoms with Gasteiger partial charge in [-0.15, -0.1) is 0 Å². The van der Waals surface area contributed by atoms with E-state index in [0.717, 1.165) is 22.1 Å². The molecule has 0 bridgehead atoms. The molecule has 1 atom stereocenters. The highest BCUT2D eigenvalue weighted by molar-refractivity contribution is 9.10. The lowest BCUT2D eigenvalue weighted by atomic mass is 9.99. The number of hydrogen-bond donors (Lipinski definition) is 1. The molecule has 0 spiro atoms. The molecule has 0 radical (unpaired) electrons. The van der Waals surface area contributed by atoms with E-state index in [2.05, 4.69) is 21.2 Å². The zero-order valence-corrected chi connectivity index (χ0v) is 13.5. The van der Waals surface area contributed by atoms with E-state index in [1.165, 1.54) is 12.1 Å².